The molecule has 1 N–H and O–H groups in total. The lowest BCUT2D eigenvalue weighted by molar-refractivity contribution is -0.141. The smallest absolute Gasteiger partial charge is 0.262 e. The van der Waals surface area contributed by atoms with Crippen LogP contribution in [0.4, 0.5) is 0 Å². The van der Waals surface area contributed by atoms with E-state index in [2.05, 4.69) is 16.7 Å². The van der Waals surface area contributed by atoms with E-state index < -0.39 is 22.6 Å². The number of rotatable bonds is 5. The van der Waals surface area contributed by atoms with Crippen LogP contribution < -0.4 is 9.46 Å². The first kappa shape index (κ1) is 26.7. The normalized spacial score (nSPS) is 24.5. The molecule has 3 unspecified atom stereocenters. The molecule has 1 saturated heterocycles. The summed E-state index contributed by atoms with van der Waals surface area (Å²) in [5, 5.41) is 1.07. The van der Waals surface area contributed by atoms with Crippen molar-refractivity contribution in [1.29, 1.82) is 0 Å². The van der Waals surface area contributed by atoms with Gasteiger partial charge in [-0.05, 0) is 66.6 Å². The molecule has 41 heavy (non-hydrogen) atoms. The molecule has 2 aliphatic heterocycles. The number of aromatic nitrogens is 1. The summed E-state index contributed by atoms with van der Waals surface area (Å²) in [4.78, 5) is 29.0. The number of nitrogens with zero attached hydrogens (tertiary/aromatic N) is 2. The lowest BCUT2D eigenvalue weighted by Crippen LogP contribution is -2.45. The molecule has 2 amide bonds. The van der Waals surface area contributed by atoms with E-state index in [0.717, 1.165) is 52.7 Å². The molecule has 3 atom stereocenters. The standard InChI is InChI=1S/C31H35N3O6S/c1-39-21-8-10-22-24(16-21)25-17-31(25,30(36)33-11-13-40-14-12-33)18-34-26-15-20(29(35)32-41(37)38)7-9-23(26)27(28(22)34)19-5-3-2-4-6-19/h7-10,15-16,19,25H,2-6,11-14,17-18H2,1H3,(H,32,35)(H,37,38)/p-1. The van der Waals surface area contributed by atoms with Gasteiger partial charge in [-0.15, -0.1) is 0 Å². The summed E-state index contributed by atoms with van der Waals surface area (Å²) in [6, 6.07) is 11.7. The largest absolute Gasteiger partial charge is 0.755 e. The highest BCUT2D eigenvalue weighted by Gasteiger charge is 2.63. The van der Waals surface area contributed by atoms with Gasteiger partial charge in [0, 0.05) is 58.8 Å². The van der Waals surface area contributed by atoms with Crippen molar-refractivity contribution in [2.24, 2.45) is 5.41 Å². The van der Waals surface area contributed by atoms with Crippen LogP contribution in [0.15, 0.2) is 36.4 Å². The van der Waals surface area contributed by atoms with Gasteiger partial charge in [-0.25, -0.2) is 0 Å². The molecule has 3 fully saturated rings. The number of carbonyl (C=O) groups is 2. The van der Waals surface area contributed by atoms with Crippen molar-refractivity contribution in [3.63, 3.8) is 0 Å². The van der Waals surface area contributed by atoms with E-state index in [1.54, 1.807) is 19.2 Å². The Balaban J connectivity index is 1.47. The van der Waals surface area contributed by atoms with E-state index in [1.807, 2.05) is 21.8 Å². The molecular weight excluding hydrogens is 542 g/mol. The van der Waals surface area contributed by atoms with Crippen LogP contribution in [-0.4, -0.2) is 63.5 Å². The first-order valence-corrected chi connectivity index (χ1v) is 15.6. The first-order valence-electron chi connectivity index (χ1n) is 14.5. The SMILES string of the molecule is COc1ccc2c(c1)C1CC1(C(=O)N1CCOCC1)Cn1c-2c(C2CCCCC2)c2ccc(C(=O)NS(=O)[O-])cc21. The maximum Gasteiger partial charge on any atom is 0.262 e. The van der Waals surface area contributed by atoms with Gasteiger partial charge in [0.1, 0.15) is 5.75 Å². The minimum Gasteiger partial charge on any atom is -0.755 e. The van der Waals surface area contributed by atoms with Crippen molar-refractivity contribution >= 4 is 34.0 Å². The van der Waals surface area contributed by atoms with Gasteiger partial charge >= 0.3 is 0 Å². The second-order valence-corrected chi connectivity index (χ2v) is 12.5. The van der Waals surface area contributed by atoms with Crippen molar-refractivity contribution in [1.82, 2.24) is 14.2 Å². The van der Waals surface area contributed by atoms with Crippen LogP contribution >= 0.6 is 0 Å². The number of fused-ring (bicyclic) bond motifs is 7. The molecule has 1 aromatic heterocycles. The third-order valence-corrected chi connectivity index (χ3v) is 10.0. The number of methoxy groups -OCH3 is 1. The topological polar surface area (TPSA) is 113 Å². The van der Waals surface area contributed by atoms with E-state index in [0.29, 0.717) is 38.8 Å². The maximum absolute atomic E-state index is 14.3. The third kappa shape index (κ3) is 4.38. The molecule has 216 valence electrons. The Morgan fingerprint density at radius 3 is 2.61 bits per heavy atom. The predicted octanol–water partition coefficient (Wildman–Crippen LogP) is 4.23. The van der Waals surface area contributed by atoms with Crippen LogP contribution in [0.5, 0.6) is 5.75 Å². The van der Waals surface area contributed by atoms with Crippen LogP contribution in [0, 0.1) is 5.41 Å². The summed E-state index contributed by atoms with van der Waals surface area (Å²) in [5.74, 6) is 0.691. The van der Waals surface area contributed by atoms with E-state index in [9.17, 15) is 18.4 Å². The second kappa shape index (κ2) is 10.3. The fourth-order valence-corrected chi connectivity index (χ4v) is 7.91. The summed E-state index contributed by atoms with van der Waals surface area (Å²) >= 11 is -2.71. The molecule has 2 saturated carbocycles. The molecular formula is C31H34N3O6S-. The summed E-state index contributed by atoms with van der Waals surface area (Å²) in [7, 11) is 1.67. The van der Waals surface area contributed by atoms with Gasteiger partial charge in [0.2, 0.25) is 5.91 Å². The first-order chi connectivity index (χ1) is 19.9. The van der Waals surface area contributed by atoms with Gasteiger partial charge in [0.15, 0.2) is 0 Å². The fraction of sp³-hybridized carbons (Fsp3) is 0.484. The van der Waals surface area contributed by atoms with Crippen molar-refractivity contribution in [3.05, 3.63) is 53.1 Å². The molecule has 4 aliphatic rings. The van der Waals surface area contributed by atoms with Crippen LogP contribution in [0.1, 0.15) is 71.8 Å². The van der Waals surface area contributed by atoms with Crippen LogP contribution in [0.2, 0.25) is 0 Å². The van der Waals surface area contributed by atoms with Crippen molar-refractivity contribution < 1.29 is 27.8 Å². The molecule has 0 spiro atoms. The number of morpholine rings is 1. The second-order valence-electron chi connectivity index (χ2n) is 11.9. The number of hydrogen-bond acceptors (Lipinski definition) is 6. The Morgan fingerprint density at radius 2 is 1.88 bits per heavy atom. The molecule has 0 radical (unpaired) electrons. The van der Waals surface area contributed by atoms with Gasteiger partial charge in [0.25, 0.3) is 5.91 Å². The van der Waals surface area contributed by atoms with E-state index in [-0.39, 0.29) is 17.4 Å². The lowest BCUT2D eigenvalue weighted by atomic mass is 9.81. The molecule has 2 aliphatic carbocycles. The van der Waals surface area contributed by atoms with E-state index in [4.69, 9.17) is 9.47 Å². The van der Waals surface area contributed by atoms with Crippen molar-refractivity contribution in [3.8, 4) is 17.0 Å². The van der Waals surface area contributed by atoms with Crippen LogP contribution in [0.3, 0.4) is 0 Å². The Kier molecular flexibility index (Phi) is 6.67. The molecule has 9 nitrogen and oxygen atoms in total. The zero-order valence-corrected chi connectivity index (χ0v) is 24.0. The van der Waals surface area contributed by atoms with Gasteiger partial charge in [-0.1, -0.05) is 25.3 Å². The van der Waals surface area contributed by atoms with Gasteiger partial charge in [0.05, 0.1) is 31.4 Å². The fourth-order valence-electron chi connectivity index (χ4n) is 7.64. The molecule has 2 aromatic carbocycles. The molecule has 7 rings (SSSR count). The Bertz CT molecular complexity index is 1570. The molecule has 3 aromatic rings. The van der Waals surface area contributed by atoms with Gasteiger partial charge in [-0.2, -0.15) is 0 Å². The molecule has 10 heteroatoms. The zero-order chi connectivity index (χ0) is 28.3. The van der Waals surface area contributed by atoms with E-state index in [1.165, 1.54) is 24.8 Å². The summed E-state index contributed by atoms with van der Waals surface area (Å²) in [6.07, 6.45) is 6.51. The lowest BCUT2D eigenvalue weighted by Gasteiger charge is -2.31. The van der Waals surface area contributed by atoms with Crippen molar-refractivity contribution in [2.45, 2.75) is 56.9 Å². The number of hydrogen-bond donors (Lipinski definition) is 1. The Hall–Kier alpha value is -3.21. The maximum atomic E-state index is 14.3. The highest BCUT2D eigenvalue weighted by atomic mass is 32.2. The summed E-state index contributed by atoms with van der Waals surface area (Å²) in [5.41, 5.74) is 5.20. The highest BCUT2D eigenvalue weighted by Crippen LogP contribution is 2.66. The minimum absolute atomic E-state index is 0.0615. The summed E-state index contributed by atoms with van der Waals surface area (Å²) < 4.78 is 37.9. The number of nitrogens with one attached hydrogen (secondary N) is 1. The predicted molar refractivity (Wildman–Crippen MR) is 153 cm³/mol. The summed E-state index contributed by atoms with van der Waals surface area (Å²) in [6.45, 7) is 2.75. The third-order valence-electron chi connectivity index (χ3n) is 9.68. The Morgan fingerprint density at radius 1 is 1.10 bits per heavy atom. The van der Waals surface area contributed by atoms with E-state index >= 15 is 0 Å². The number of benzene rings is 2. The van der Waals surface area contributed by atoms with Gasteiger partial charge in [-0.3, -0.25) is 18.5 Å². The zero-order valence-electron chi connectivity index (χ0n) is 23.1. The van der Waals surface area contributed by atoms with Crippen LogP contribution in [0.25, 0.3) is 22.2 Å². The average molecular weight is 577 g/mol. The highest BCUT2D eigenvalue weighted by molar-refractivity contribution is 7.77. The number of amides is 2. The Labute approximate surface area is 241 Å². The van der Waals surface area contributed by atoms with Crippen molar-refractivity contribution in [2.75, 3.05) is 33.4 Å². The molecule has 0 bridgehead atoms. The van der Waals surface area contributed by atoms with Crippen LogP contribution in [-0.2, 0) is 27.3 Å². The average Bonchev–Trinajstić information content (AvgIpc) is 3.67. The quantitative estimate of drug-likeness (QED) is 0.455. The molecule has 3 heterocycles. The minimum atomic E-state index is -2.71. The number of ether oxygens (including phenoxy) is 2. The van der Waals surface area contributed by atoms with Gasteiger partial charge < -0.3 is 23.5 Å². The number of carbonyl (C=O) groups excluding carboxylic acids is 2. The monoisotopic (exact) mass is 576 g/mol.